The van der Waals surface area contributed by atoms with Gasteiger partial charge in [-0.1, -0.05) is 36.4 Å². The van der Waals surface area contributed by atoms with Gasteiger partial charge in [0.15, 0.2) is 5.75 Å². The lowest BCUT2D eigenvalue weighted by molar-refractivity contribution is 0.0250. The molecule has 5 rings (SSSR count). The van der Waals surface area contributed by atoms with Crippen molar-refractivity contribution in [3.8, 4) is 17.2 Å². The van der Waals surface area contributed by atoms with E-state index in [0.29, 0.717) is 35.7 Å². The fourth-order valence-electron chi connectivity index (χ4n) is 5.23. The lowest BCUT2D eigenvalue weighted by Crippen LogP contribution is -2.53. The van der Waals surface area contributed by atoms with Crippen molar-refractivity contribution in [1.29, 1.82) is 0 Å². The van der Waals surface area contributed by atoms with Crippen LogP contribution in [0.4, 0.5) is 5.69 Å². The Kier molecular flexibility index (Phi) is 9.34. The number of fused-ring (bicyclic) bond motifs is 1. The van der Waals surface area contributed by atoms with Gasteiger partial charge in [0.1, 0.15) is 17.6 Å². The first-order chi connectivity index (χ1) is 20.8. The Morgan fingerprint density at radius 2 is 1.72 bits per heavy atom. The smallest absolute Gasteiger partial charge is 0.258 e. The minimum absolute atomic E-state index is 0.191. The van der Waals surface area contributed by atoms with Gasteiger partial charge in [0.2, 0.25) is 0 Å². The molecular weight excluding hydrogens is 544 g/mol. The molecule has 1 aliphatic heterocycles. The number of ether oxygens (including phenoxy) is 2. The van der Waals surface area contributed by atoms with E-state index in [1.54, 1.807) is 47.6 Å². The molecule has 9 heteroatoms. The molecule has 1 aliphatic rings. The van der Waals surface area contributed by atoms with E-state index in [0.717, 1.165) is 17.1 Å². The van der Waals surface area contributed by atoms with E-state index >= 15 is 0 Å². The van der Waals surface area contributed by atoms with Gasteiger partial charge in [0.25, 0.3) is 11.8 Å². The number of carbonyl (C=O) groups excluding carboxylic acids is 2. The van der Waals surface area contributed by atoms with Crippen molar-refractivity contribution in [2.24, 2.45) is 0 Å². The van der Waals surface area contributed by atoms with Crippen LogP contribution in [-0.4, -0.2) is 70.1 Å². The Morgan fingerprint density at radius 1 is 1.02 bits per heavy atom. The second-order valence-electron chi connectivity index (χ2n) is 10.8. The summed E-state index contributed by atoms with van der Waals surface area (Å²) < 4.78 is 12.5. The molecule has 0 aliphatic carbocycles. The van der Waals surface area contributed by atoms with Crippen LogP contribution in [0.2, 0.25) is 0 Å². The highest BCUT2D eigenvalue weighted by molar-refractivity contribution is 6.07. The van der Waals surface area contributed by atoms with E-state index in [1.807, 2.05) is 75.5 Å². The minimum Gasteiger partial charge on any atom is -0.484 e. The molecule has 0 saturated heterocycles. The zero-order valence-electron chi connectivity index (χ0n) is 24.5. The molecule has 0 bridgehead atoms. The SMILES string of the molecule is C[C@H](CO)N1C(=O)c2cccc(NC(=O)c3ccncc3)c2O[C@H](CN(C)Cc2ccc(Oc3ccccc3)cc2)[C@@H]1C. The van der Waals surface area contributed by atoms with Crippen LogP contribution >= 0.6 is 0 Å². The number of rotatable bonds is 10. The van der Waals surface area contributed by atoms with Gasteiger partial charge in [0, 0.05) is 31.0 Å². The van der Waals surface area contributed by atoms with Crippen LogP contribution in [0.3, 0.4) is 0 Å². The lowest BCUT2D eigenvalue weighted by atomic mass is 10.1. The number of aliphatic hydroxyl groups excluding tert-OH is 1. The predicted octanol–water partition coefficient (Wildman–Crippen LogP) is 5.23. The van der Waals surface area contributed by atoms with Crippen molar-refractivity contribution < 1.29 is 24.2 Å². The number of hydrogen-bond acceptors (Lipinski definition) is 7. The average molecular weight is 581 g/mol. The maximum Gasteiger partial charge on any atom is 0.258 e. The van der Waals surface area contributed by atoms with Crippen molar-refractivity contribution >= 4 is 17.5 Å². The average Bonchev–Trinajstić information content (AvgIpc) is 3.12. The van der Waals surface area contributed by atoms with E-state index in [4.69, 9.17) is 9.47 Å². The van der Waals surface area contributed by atoms with Gasteiger partial charge in [0.05, 0.1) is 29.9 Å². The number of aromatic nitrogens is 1. The molecule has 4 aromatic rings. The Hall–Kier alpha value is -4.73. The van der Waals surface area contributed by atoms with E-state index < -0.39 is 12.1 Å². The summed E-state index contributed by atoms with van der Waals surface area (Å²) in [5.41, 5.74) is 2.26. The Bertz CT molecular complexity index is 1530. The lowest BCUT2D eigenvalue weighted by Gasteiger charge is -2.36. The molecule has 3 aromatic carbocycles. The summed E-state index contributed by atoms with van der Waals surface area (Å²) in [5.74, 6) is 1.25. The van der Waals surface area contributed by atoms with Crippen LogP contribution in [0.15, 0.2) is 97.3 Å². The highest BCUT2D eigenvalue weighted by Crippen LogP contribution is 2.36. The summed E-state index contributed by atoms with van der Waals surface area (Å²) in [6.07, 6.45) is 2.64. The number of aliphatic hydroxyl groups is 1. The second-order valence-corrected chi connectivity index (χ2v) is 10.8. The largest absolute Gasteiger partial charge is 0.484 e. The van der Waals surface area contributed by atoms with Gasteiger partial charge in [-0.3, -0.25) is 19.5 Å². The fraction of sp³-hybridized carbons (Fsp3) is 0.265. The quantitative estimate of drug-likeness (QED) is 0.265. The number of likely N-dealkylation sites (N-methyl/N-ethyl adjacent to an activating group) is 1. The van der Waals surface area contributed by atoms with Gasteiger partial charge >= 0.3 is 0 Å². The number of pyridine rings is 1. The molecule has 0 unspecified atom stereocenters. The summed E-state index contributed by atoms with van der Waals surface area (Å²) in [7, 11) is 2.00. The third kappa shape index (κ3) is 7.02. The summed E-state index contributed by atoms with van der Waals surface area (Å²) in [6.45, 7) is 4.67. The van der Waals surface area contributed by atoms with E-state index in [-0.39, 0.29) is 24.5 Å². The third-order valence-electron chi connectivity index (χ3n) is 7.50. The fourth-order valence-corrected chi connectivity index (χ4v) is 5.23. The van der Waals surface area contributed by atoms with Crippen LogP contribution in [0.1, 0.15) is 40.1 Å². The van der Waals surface area contributed by atoms with Gasteiger partial charge in [-0.2, -0.15) is 0 Å². The first-order valence-corrected chi connectivity index (χ1v) is 14.3. The van der Waals surface area contributed by atoms with E-state index in [2.05, 4.69) is 15.2 Å². The highest BCUT2D eigenvalue weighted by atomic mass is 16.5. The van der Waals surface area contributed by atoms with Gasteiger partial charge in [-0.05, 0) is 75.0 Å². The van der Waals surface area contributed by atoms with Gasteiger partial charge in [-0.25, -0.2) is 0 Å². The molecule has 1 aromatic heterocycles. The normalized spacial score (nSPS) is 17.0. The molecule has 9 nitrogen and oxygen atoms in total. The zero-order chi connectivity index (χ0) is 30.3. The van der Waals surface area contributed by atoms with Crippen LogP contribution in [-0.2, 0) is 6.54 Å². The summed E-state index contributed by atoms with van der Waals surface area (Å²) in [4.78, 5) is 34.6. The second kappa shape index (κ2) is 13.5. The Labute approximate surface area is 251 Å². The number of nitrogens with one attached hydrogen (secondary N) is 1. The molecule has 0 radical (unpaired) electrons. The highest BCUT2D eigenvalue weighted by Gasteiger charge is 2.39. The summed E-state index contributed by atoms with van der Waals surface area (Å²) >= 11 is 0. The molecule has 0 spiro atoms. The number of nitrogens with zero attached hydrogens (tertiary/aromatic N) is 3. The monoisotopic (exact) mass is 580 g/mol. The van der Waals surface area contributed by atoms with E-state index in [1.165, 1.54) is 0 Å². The minimum atomic E-state index is -0.455. The molecule has 2 heterocycles. The number of anilines is 1. The van der Waals surface area contributed by atoms with Crippen molar-refractivity contribution in [1.82, 2.24) is 14.8 Å². The van der Waals surface area contributed by atoms with Crippen LogP contribution in [0, 0.1) is 0 Å². The van der Waals surface area contributed by atoms with Crippen LogP contribution < -0.4 is 14.8 Å². The van der Waals surface area contributed by atoms with Gasteiger partial charge in [-0.15, -0.1) is 0 Å². The van der Waals surface area contributed by atoms with Crippen molar-refractivity contribution in [3.05, 3.63) is 114 Å². The summed E-state index contributed by atoms with van der Waals surface area (Å²) in [5, 5.41) is 12.9. The zero-order valence-corrected chi connectivity index (χ0v) is 24.5. The van der Waals surface area contributed by atoms with Crippen LogP contribution in [0.25, 0.3) is 0 Å². The topological polar surface area (TPSA) is 104 Å². The molecule has 2 N–H and O–H groups in total. The Balaban J connectivity index is 1.36. The molecule has 2 amide bonds. The maximum absolute atomic E-state index is 13.8. The third-order valence-corrected chi connectivity index (χ3v) is 7.50. The first kappa shape index (κ1) is 29.8. The summed E-state index contributed by atoms with van der Waals surface area (Å²) in [6, 6.07) is 25.1. The standard InChI is InChI=1S/C34H36N4O5/c1-23(22-39)38-24(2)31(21-37(3)20-25-12-14-28(15-13-25)42-27-8-5-4-6-9-27)43-32-29(34(38)41)10-7-11-30(32)36-33(40)26-16-18-35-19-17-26/h4-19,23-24,31,39H,20-22H2,1-3H3,(H,36,40)/t23-,24+,31-/m1/s1. The number of benzene rings is 3. The van der Waals surface area contributed by atoms with E-state index in [9.17, 15) is 14.7 Å². The number of hydrogen-bond donors (Lipinski definition) is 2. The van der Waals surface area contributed by atoms with Gasteiger partial charge < -0.3 is 24.8 Å². The number of amides is 2. The molecule has 43 heavy (non-hydrogen) atoms. The molecular formula is C34H36N4O5. The maximum atomic E-state index is 13.8. The molecule has 0 saturated carbocycles. The molecule has 0 fully saturated rings. The first-order valence-electron chi connectivity index (χ1n) is 14.3. The van der Waals surface area contributed by atoms with Crippen molar-refractivity contribution in [2.75, 3.05) is 25.5 Å². The number of para-hydroxylation sites is 2. The van der Waals surface area contributed by atoms with Crippen molar-refractivity contribution in [3.63, 3.8) is 0 Å². The predicted molar refractivity (Wildman–Crippen MR) is 165 cm³/mol. The van der Waals surface area contributed by atoms with Crippen LogP contribution in [0.5, 0.6) is 17.2 Å². The molecule has 222 valence electrons. The van der Waals surface area contributed by atoms with Crippen molar-refractivity contribution in [2.45, 2.75) is 38.6 Å². The Morgan fingerprint density at radius 3 is 2.42 bits per heavy atom. The molecule has 3 atom stereocenters. The number of carbonyl (C=O) groups is 2.